The third-order valence-electron chi connectivity index (χ3n) is 3.01. The minimum Gasteiger partial charge on any atom is -0.346 e. The smallest absolute Gasteiger partial charge is 0.346 e. The highest BCUT2D eigenvalue weighted by molar-refractivity contribution is 5.94. The average molecular weight is 294 g/mol. The van der Waals surface area contributed by atoms with Crippen LogP contribution in [0, 0.1) is 0 Å². The number of nitrogens with zero attached hydrogens (tertiary/aromatic N) is 1. The molecule has 6 heteroatoms. The summed E-state index contributed by atoms with van der Waals surface area (Å²) in [5.41, 5.74) is -0.0391. The van der Waals surface area contributed by atoms with Crippen molar-refractivity contribution in [3.63, 3.8) is 0 Å². The van der Waals surface area contributed by atoms with Crippen LogP contribution in [0.5, 0.6) is 0 Å². The molecule has 1 atom stereocenters. The van der Waals surface area contributed by atoms with Gasteiger partial charge >= 0.3 is 6.18 Å². The van der Waals surface area contributed by atoms with E-state index in [1.807, 2.05) is 0 Å². The number of aromatic nitrogens is 1. The van der Waals surface area contributed by atoms with E-state index in [1.165, 1.54) is 12.1 Å². The van der Waals surface area contributed by atoms with E-state index >= 15 is 0 Å². The van der Waals surface area contributed by atoms with Crippen LogP contribution in [0.15, 0.2) is 48.8 Å². The van der Waals surface area contributed by atoms with Crippen LogP contribution in [0.1, 0.15) is 34.5 Å². The number of carbonyl (C=O) groups is 1. The van der Waals surface area contributed by atoms with Crippen molar-refractivity contribution in [3.05, 3.63) is 65.5 Å². The molecule has 21 heavy (non-hydrogen) atoms. The minimum absolute atomic E-state index is 0.0225. The molecule has 2 aromatic rings. The number of benzene rings is 1. The summed E-state index contributed by atoms with van der Waals surface area (Å²) in [4.78, 5) is 15.9. The predicted molar refractivity (Wildman–Crippen MR) is 71.6 cm³/mol. The van der Waals surface area contributed by atoms with Gasteiger partial charge in [0.15, 0.2) is 0 Å². The van der Waals surface area contributed by atoms with E-state index in [9.17, 15) is 18.0 Å². The largest absolute Gasteiger partial charge is 0.416 e. The summed E-state index contributed by atoms with van der Waals surface area (Å²) in [6, 6.07) is 7.49. The molecule has 3 nitrogen and oxygen atoms in total. The van der Waals surface area contributed by atoms with Crippen molar-refractivity contribution >= 4 is 5.91 Å². The van der Waals surface area contributed by atoms with Gasteiger partial charge in [0, 0.05) is 18.0 Å². The topological polar surface area (TPSA) is 42.0 Å². The van der Waals surface area contributed by atoms with E-state index < -0.39 is 17.6 Å². The van der Waals surface area contributed by atoms with Gasteiger partial charge in [0.25, 0.3) is 5.91 Å². The van der Waals surface area contributed by atoms with E-state index in [1.54, 1.807) is 31.5 Å². The number of pyridine rings is 1. The first-order chi connectivity index (χ1) is 9.88. The van der Waals surface area contributed by atoms with Crippen LogP contribution in [-0.4, -0.2) is 10.9 Å². The molecule has 1 unspecified atom stereocenters. The lowest BCUT2D eigenvalue weighted by molar-refractivity contribution is -0.137. The summed E-state index contributed by atoms with van der Waals surface area (Å²) in [5.74, 6) is -0.551. The maximum atomic E-state index is 12.6. The van der Waals surface area contributed by atoms with Crippen molar-refractivity contribution in [2.24, 2.45) is 0 Å². The number of hydrogen-bond acceptors (Lipinski definition) is 2. The molecular weight excluding hydrogens is 281 g/mol. The van der Waals surface area contributed by atoms with E-state index in [-0.39, 0.29) is 11.6 Å². The van der Waals surface area contributed by atoms with Crippen LogP contribution < -0.4 is 5.32 Å². The third kappa shape index (κ3) is 3.81. The van der Waals surface area contributed by atoms with Crippen LogP contribution in [0.25, 0.3) is 0 Å². The quantitative estimate of drug-likeness (QED) is 0.940. The lowest BCUT2D eigenvalue weighted by Crippen LogP contribution is -2.26. The molecule has 1 heterocycles. The zero-order chi connectivity index (χ0) is 15.5. The lowest BCUT2D eigenvalue weighted by Gasteiger charge is -2.15. The van der Waals surface area contributed by atoms with E-state index in [0.717, 1.165) is 17.7 Å². The van der Waals surface area contributed by atoms with Crippen molar-refractivity contribution in [1.82, 2.24) is 10.3 Å². The SMILES string of the molecule is CC(NC(=O)c1cccc(C(F)(F)F)c1)c1ccncc1. The number of halogens is 3. The molecule has 110 valence electrons. The predicted octanol–water partition coefficient (Wildman–Crippen LogP) is 3.59. The highest BCUT2D eigenvalue weighted by Crippen LogP contribution is 2.29. The normalized spacial score (nSPS) is 12.8. The van der Waals surface area contributed by atoms with Gasteiger partial charge in [0.05, 0.1) is 11.6 Å². The Balaban J connectivity index is 2.14. The van der Waals surface area contributed by atoms with Gasteiger partial charge in [-0.3, -0.25) is 9.78 Å². The maximum absolute atomic E-state index is 12.6. The average Bonchev–Trinajstić information content (AvgIpc) is 2.47. The number of nitrogens with one attached hydrogen (secondary N) is 1. The molecule has 0 radical (unpaired) electrons. The minimum atomic E-state index is -4.47. The Morgan fingerprint density at radius 2 is 1.86 bits per heavy atom. The first kappa shape index (κ1) is 15.0. The van der Waals surface area contributed by atoms with Crippen LogP contribution >= 0.6 is 0 Å². The van der Waals surface area contributed by atoms with Gasteiger partial charge in [-0.25, -0.2) is 0 Å². The Morgan fingerprint density at radius 1 is 1.19 bits per heavy atom. The first-order valence-corrected chi connectivity index (χ1v) is 6.26. The van der Waals surface area contributed by atoms with Crippen LogP contribution in [-0.2, 0) is 6.18 Å². The number of amides is 1. The molecule has 2 rings (SSSR count). The van der Waals surface area contributed by atoms with Crippen molar-refractivity contribution in [2.75, 3.05) is 0 Å². The van der Waals surface area contributed by atoms with Crippen LogP contribution in [0.2, 0.25) is 0 Å². The fourth-order valence-corrected chi connectivity index (χ4v) is 1.85. The fraction of sp³-hybridized carbons (Fsp3) is 0.200. The molecule has 1 aromatic heterocycles. The fourth-order valence-electron chi connectivity index (χ4n) is 1.85. The third-order valence-corrected chi connectivity index (χ3v) is 3.01. The second kappa shape index (κ2) is 5.95. The second-order valence-electron chi connectivity index (χ2n) is 4.55. The summed E-state index contributed by atoms with van der Waals surface area (Å²) in [6.45, 7) is 1.75. The molecule has 0 aliphatic carbocycles. The number of alkyl halides is 3. The van der Waals surface area contributed by atoms with Gasteiger partial charge in [-0.1, -0.05) is 6.07 Å². The molecule has 0 saturated heterocycles. The molecule has 0 spiro atoms. The van der Waals surface area contributed by atoms with Crippen LogP contribution in [0.4, 0.5) is 13.2 Å². The summed E-state index contributed by atoms with van der Waals surface area (Å²) in [6.07, 6.45) is -1.29. The Kier molecular flexibility index (Phi) is 4.26. The summed E-state index contributed by atoms with van der Waals surface area (Å²) in [7, 11) is 0. The van der Waals surface area contributed by atoms with E-state index in [4.69, 9.17) is 0 Å². The Morgan fingerprint density at radius 3 is 2.48 bits per heavy atom. The molecule has 0 fully saturated rings. The van der Waals surface area contributed by atoms with Crippen LogP contribution in [0.3, 0.4) is 0 Å². The summed E-state index contributed by atoms with van der Waals surface area (Å²) < 4.78 is 37.9. The number of carbonyl (C=O) groups excluding carboxylic acids is 1. The molecule has 0 aliphatic heterocycles. The molecule has 0 bridgehead atoms. The van der Waals surface area contributed by atoms with Crippen molar-refractivity contribution in [2.45, 2.75) is 19.1 Å². The van der Waals surface area contributed by atoms with E-state index in [0.29, 0.717) is 0 Å². The number of rotatable bonds is 3. The molecule has 0 saturated carbocycles. The Hall–Kier alpha value is -2.37. The highest BCUT2D eigenvalue weighted by Gasteiger charge is 2.30. The van der Waals surface area contributed by atoms with Crippen molar-refractivity contribution in [1.29, 1.82) is 0 Å². The lowest BCUT2D eigenvalue weighted by atomic mass is 10.1. The standard InChI is InChI=1S/C15H13F3N2O/c1-10(11-5-7-19-8-6-11)20-14(21)12-3-2-4-13(9-12)15(16,17)18/h2-10H,1H3,(H,20,21). The zero-order valence-electron chi connectivity index (χ0n) is 11.2. The number of hydrogen-bond donors (Lipinski definition) is 1. The van der Waals surface area contributed by atoms with Gasteiger partial charge in [-0.2, -0.15) is 13.2 Å². The van der Waals surface area contributed by atoms with Gasteiger partial charge in [0.1, 0.15) is 0 Å². The Labute approximate surface area is 119 Å². The molecule has 1 N–H and O–H groups in total. The van der Waals surface area contributed by atoms with Crippen molar-refractivity contribution in [3.8, 4) is 0 Å². The summed E-state index contributed by atoms with van der Waals surface area (Å²) >= 11 is 0. The second-order valence-corrected chi connectivity index (χ2v) is 4.55. The summed E-state index contributed by atoms with van der Waals surface area (Å²) in [5, 5.41) is 2.66. The van der Waals surface area contributed by atoms with Gasteiger partial charge in [-0.15, -0.1) is 0 Å². The maximum Gasteiger partial charge on any atom is 0.416 e. The molecule has 1 amide bonds. The first-order valence-electron chi connectivity index (χ1n) is 6.26. The Bertz CT molecular complexity index is 626. The van der Waals surface area contributed by atoms with Crippen molar-refractivity contribution < 1.29 is 18.0 Å². The van der Waals surface area contributed by atoms with Gasteiger partial charge < -0.3 is 5.32 Å². The molecular formula is C15H13F3N2O. The monoisotopic (exact) mass is 294 g/mol. The van der Waals surface area contributed by atoms with Gasteiger partial charge in [0.2, 0.25) is 0 Å². The van der Waals surface area contributed by atoms with Gasteiger partial charge in [-0.05, 0) is 42.8 Å². The zero-order valence-corrected chi connectivity index (χ0v) is 11.2. The highest BCUT2D eigenvalue weighted by atomic mass is 19.4. The molecule has 0 aliphatic rings. The molecule has 1 aromatic carbocycles. The van der Waals surface area contributed by atoms with E-state index in [2.05, 4.69) is 10.3 Å².